The van der Waals surface area contributed by atoms with Crippen molar-refractivity contribution in [3.63, 3.8) is 0 Å². The minimum atomic E-state index is -0.235. The zero-order valence-corrected chi connectivity index (χ0v) is 9.81. The largest absolute Gasteiger partial charge is 0.441 e. The minimum Gasteiger partial charge on any atom is -0.441 e. The summed E-state index contributed by atoms with van der Waals surface area (Å²) in [4.78, 5) is 15.7. The number of hydrogen-bond donors (Lipinski definition) is 1. The molecule has 2 rings (SSSR count). The molecule has 0 bridgehead atoms. The number of nitrogens with zero attached hydrogens (tertiary/aromatic N) is 2. The molecule has 2 aliphatic rings. The summed E-state index contributed by atoms with van der Waals surface area (Å²) in [6.45, 7) is 3.34. The lowest BCUT2D eigenvalue weighted by Crippen LogP contribution is -2.51. The number of ether oxygens (including phenoxy) is 1. The first-order valence-corrected chi connectivity index (χ1v) is 5.92. The molecule has 5 nitrogen and oxygen atoms in total. The van der Waals surface area contributed by atoms with Crippen LogP contribution in [0.25, 0.3) is 0 Å². The van der Waals surface area contributed by atoms with Crippen molar-refractivity contribution in [1.29, 1.82) is 0 Å². The highest BCUT2D eigenvalue weighted by Gasteiger charge is 2.44. The van der Waals surface area contributed by atoms with E-state index < -0.39 is 0 Å². The molecule has 0 aromatic rings. The van der Waals surface area contributed by atoms with Crippen molar-refractivity contribution < 1.29 is 14.6 Å². The molecule has 1 unspecified atom stereocenters. The number of aliphatic hydroxyl groups excluding tert-OH is 1. The molecular formula is C11H20N2O3. The van der Waals surface area contributed by atoms with Crippen LogP contribution in [0.1, 0.15) is 19.3 Å². The topological polar surface area (TPSA) is 53.0 Å². The van der Waals surface area contributed by atoms with E-state index in [1.54, 1.807) is 4.90 Å². The maximum Gasteiger partial charge on any atom is 0.410 e. The van der Waals surface area contributed by atoms with Crippen molar-refractivity contribution in [3.8, 4) is 0 Å². The first-order chi connectivity index (χ1) is 7.65. The molecule has 92 valence electrons. The Hall–Kier alpha value is -0.810. The van der Waals surface area contributed by atoms with Crippen molar-refractivity contribution in [3.05, 3.63) is 0 Å². The molecule has 1 spiro atoms. The van der Waals surface area contributed by atoms with Crippen molar-refractivity contribution in [2.45, 2.75) is 24.9 Å². The van der Waals surface area contributed by atoms with Gasteiger partial charge in [-0.25, -0.2) is 4.79 Å². The molecule has 5 heteroatoms. The fourth-order valence-electron chi connectivity index (χ4n) is 2.53. The molecule has 0 saturated carbocycles. The zero-order valence-electron chi connectivity index (χ0n) is 9.81. The van der Waals surface area contributed by atoms with Crippen LogP contribution in [-0.4, -0.2) is 66.4 Å². The zero-order chi connectivity index (χ0) is 11.6. The Morgan fingerprint density at radius 2 is 2.19 bits per heavy atom. The first kappa shape index (κ1) is 11.7. The fraction of sp³-hybridized carbons (Fsp3) is 0.909. The lowest BCUT2D eigenvalue weighted by atomic mass is 9.97. The quantitative estimate of drug-likeness (QED) is 0.754. The van der Waals surface area contributed by atoms with Crippen LogP contribution in [0, 0.1) is 0 Å². The smallest absolute Gasteiger partial charge is 0.410 e. The Morgan fingerprint density at radius 1 is 1.44 bits per heavy atom. The Balaban J connectivity index is 1.89. The summed E-state index contributed by atoms with van der Waals surface area (Å²) in [7, 11) is 2.06. The van der Waals surface area contributed by atoms with E-state index in [9.17, 15) is 4.79 Å². The normalized spacial score (nSPS) is 31.1. The third-order valence-corrected chi connectivity index (χ3v) is 3.49. The molecule has 1 amide bonds. The van der Waals surface area contributed by atoms with Gasteiger partial charge >= 0.3 is 6.09 Å². The standard InChI is InChI=1S/C11H20N2O3/c1-12-6-3-11(9-12)4-7-13(5-2-8-14)10(15)16-11/h14H,2-9H2,1H3. The van der Waals surface area contributed by atoms with Crippen LogP contribution >= 0.6 is 0 Å². The highest BCUT2D eigenvalue weighted by atomic mass is 16.6. The number of likely N-dealkylation sites (N-methyl/N-ethyl adjacent to an activating group) is 1. The third-order valence-electron chi connectivity index (χ3n) is 3.49. The molecule has 1 N–H and O–H groups in total. The van der Waals surface area contributed by atoms with Gasteiger partial charge < -0.3 is 19.6 Å². The Bertz CT molecular complexity index is 272. The van der Waals surface area contributed by atoms with Gasteiger partial charge in [0.25, 0.3) is 0 Å². The van der Waals surface area contributed by atoms with Crippen molar-refractivity contribution in [2.75, 3.05) is 39.8 Å². The van der Waals surface area contributed by atoms with Gasteiger partial charge in [0, 0.05) is 45.6 Å². The molecule has 16 heavy (non-hydrogen) atoms. The lowest BCUT2D eigenvalue weighted by molar-refractivity contribution is -0.0410. The molecule has 2 saturated heterocycles. The van der Waals surface area contributed by atoms with Crippen LogP contribution in [0.4, 0.5) is 4.79 Å². The minimum absolute atomic E-state index is 0.123. The van der Waals surface area contributed by atoms with Crippen LogP contribution in [0.5, 0.6) is 0 Å². The highest BCUT2D eigenvalue weighted by molar-refractivity contribution is 5.69. The average Bonchev–Trinajstić information content (AvgIpc) is 2.59. The van der Waals surface area contributed by atoms with Crippen molar-refractivity contribution in [2.24, 2.45) is 0 Å². The summed E-state index contributed by atoms with van der Waals surface area (Å²) in [6, 6.07) is 0. The molecule has 2 heterocycles. The second-order valence-electron chi connectivity index (χ2n) is 4.85. The van der Waals surface area contributed by atoms with E-state index in [0.29, 0.717) is 13.0 Å². The summed E-state index contributed by atoms with van der Waals surface area (Å²) in [6.07, 6.45) is 2.27. The van der Waals surface area contributed by atoms with Gasteiger partial charge in [-0.1, -0.05) is 0 Å². The number of rotatable bonds is 3. The summed E-state index contributed by atoms with van der Waals surface area (Å²) in [5.74, 6) is 0. The molecule has 2 fully saturated rings. The van der Waals surface area contributed by atoms with Crippen LogP contribution in [0.2, 0.25) is 0 Å². The molecule has 0 aliphatic carbocycles. The summed E-state index contributed by atoms with van der Waals surface area (Å²) in [5.41, 5.74) is -0.235. The van der Waals surface area contributed by atoms with Crippen molar-refractivity contribution in [1.82, 2.24) is 9.80 Å². The Kier molecular flexibility index (Phi) is 3.35. The van der Waals surface area contributed by atoms with Gasteiger partial charge in [0.05, 0.1) is 0 Å². The maximum absolute atomic E-state index is 11.8. The summed E-state index contributed by atoms with van der Waals surface area (Å²) >= 11 is 0. The third kappa shape index (κ3) is 2.30. The van der Waals surface area contributed by atoms with Crippen molar-refractivity contribution >= 4 is 6.09 Å². The van der Waals surface area contributed by atoms with Crippen LogP contribution in [0.3, 0.4) is 0 Å². The van der Waals surface area contributed by atoms with E-state index in [4.69, 9.17) is 9.84 Å². The van der Waals surface area contributed by atoms with Gasteiger partial charge in [0.2, 0.25) is 0 Å². The molecule has 1 atom stereocenters. The predicted octanol–water partition coefficient (Wildman–Crippen LogP) is 0.285. The maximum atomic E-state index is 11.8. The van der Waals surface area contributed by atoms with Crippen LogP contribution < -0.4 is 0 Å². The number of carbonyl (C=O) groups is 1. The van der Waals surface area contributed by atoms with E-state index in [1.807, 2.05) is 0 Å². The lowest BCUT2D eigenvalue weighted by Gasteiger charge is -2.38. The van der Waals surface area contributed by atoms with Crippen LogP contribution in [-0.2, 0) is 4.74 Å². The van der Waals surface area contributed by atoms with Gasteiger partial charge in [-0.3, -0.25) is 0 Å². The molecule has 0 aromatic heterocycles. The average molecular weight is 228 g/mol. The Morgan fingerprint density at radius 3 is 2.75 bits per heavy atom. The van der Waals surface area contributed by atoms with Gasteiger partial charge in [0.15, 0.2) is 0 Å². The van der Waals surface area contributed by atoms with Gasteiger partial charge in [0.1, 0.15) is 5.60 Å². The van der Waals surface area contributed by atoms with Crippen LogP contribution in [0.15, 0.2) is 0 Å². The number of amides is 1. The second kappa shape index (κ2) is 4.59. The van der Waals surface area contributed by atoms with Gasteiger partial charge in [-0.2, -0.15) is 0 Å². The van der Waals surface area contributed by atoms with Gasteiger partial charge in [-0.05, 0) is 13.5 Å². The molecule has 2 aliphatic heterocycles. The molecule has 0 radical (unpaired) electrons. The molecule has 0 aromatic carbocycles. The van der Waals surface area contributed by atoms with E-state index in [2.05, 4.69) is 11.9 Å². The number of carbonyl (C=O) groups excluding carboxylic acids is 1. The van der Waals surface area contributed by atoms with E-state index >= 15 is 0 Å². The Labute approximate surface area is 96.0 Å². The summed E-state index contributed by atoms with van der Waals surface area (Å²) < 4.78 is 5.58. The van der Waals surface area contributed by atoms with Gasteiger partial charge in [-0.15, -0.1) is 0 Å². The summed E-state index contributed by atoms with van der Waals surface area (Å²) in [5, 5.41) is 8.74. The number of hydrogen-bond acceptors (Lipinski definition) is 4. The van der Waals surface area contributed by atoms with E-state index in [0.717, 1.165) is 32.5 Å². The first-order valence-electron chi connectivity index (χ1n) is 5.92. The second-order valence-corrected chi connectivity index (χ2v) is 4.85. The van der Waals surface area contributed by atoms with E-state index in [-0.39, 0.29) is 18.3 Å². The fourth-order valence-corrected chi connectivity index (χ4v) is 2.53. The SMILES string of the molecule is CN1CCC2(CCN(CCCO)C(=O)O2)C1. The number of likely N-dealkylation sites (tertiary alicyclic amines) is 1. The predicted molar refractivity (Wildman–Crippen MR) is 59.2 cm³/mol. The number of aliphatic hydroxyl groups is 1. The highest BCUT2D eigenvalue weighted by Crippen LogP contribution is 2.32. The molecular weight excluding hydrogens is 208 g/mol. The van der Waals surface area contributed by atoms with E-state index in [1.165, 1.54) is 0 Å². The monoisotopic (exact) mass is 228 g/mol.